The molecule has 2 rings (SSSR count). The Balaban J connectivity index is 2.43. The number of hydrogen-bond donors (Lipinski definition) is 1. The van der Waals surface area contributed by atoms with Gasteiger partial charge in [-0.25, -0.2) is 0 Å². The molecule has 0 amide bonds. The van der Waals surface area contributed by atoms with Gasteiger partial charge in [0, 0.05) is 34.8 Å². The molecule has 1 unspecified atom stereocenters. The van der Waals surface area contributed by atoms with Gasteiger partial charge in [0.2, 0.25) is 0 Å². The first-order valence-corrected chi connectivity index (χ1v) is 9.18. The molecule has 19 heavy (non-hydrogen) atoms. The van der Waals surface area contributed by atoms with Crippen molar-refractivity contribution < 1.29 is 0 Å². The molecule has 0 radical (unpaired) electrons. The first kappa shape index (κ1) is 15.7. The first-order chi connectivity index (χ1) is 9.06. The normalized spacial score (nSPS) is 12.7. The maximum Gasteiger partial charge on any atom is 0.0409 e. The van der Waals surface area contributed by atoms with E-state index in [1.165, 1.54) is 15.3 Å². The van der Waals surface area contributed by atoms with Crippen LogP contribution < -0.4 is 5.32 Å². The van der Waals surface area contributed by atoms with E-state index < -0.39 is 0 Å². The summed E-state index contributed by atoms with van der Waals surface area (Å²) in [5.41, 5.74) is 1.21. The van der Waals surface area contributed by atoms with E-state index in [4.69, 9.17) is 0 Å². The van der Waals surface area contributed by atoms with Crippen molar-refractivity contribution in [3.8, 4) is 10.4 Å². The Hall–Kier alpha value is 0.320. The Bertz CT molecular complexity index is 553. The zero-order chi connectivity index (χ0) is 14.0. The highest BCUT2D eigenvalue weighted by Crippen LogP contribution is 2.41. The van der Waals surface area contributed by atoms with E-state index in [0.29, 0.717) is 6.04 Å². The third-order valence-electron chi connectivity index (χ3n) is 2.98. The summed E-state index contributed by atoms with van der Waals surface area (Å²) < 4.78 is 3.26. The molecule has 0 aliphatic rings. The molecule has 0 spiro atoms. The molecule has 0 aliphatic heterocycles. The van der Waals surface area contributed by atoms with Gasteiger partial charge in [0.05, 0.1) is 0 Å². The predicted molar refractivity (Wildman–Crippen MR) is 94.9 cm³/mol. The van der Waals surface area contributed by atoms with Crippen molar-refractivity contribution in [1.29, 1.82) is 0 Å². The molecular formula is C14H14Br3NS. The van der Waals surface area contributed by atoms with Crippen molar-refractivity contribution in [2.45, 2.75) is 19.4 Å². The molecule has 0 aliphatic carbocycles. The van der Waals surface area contributed by atoms with E-state index in [9.17, 15) is 0 Å². The highest BCUT2D eigenvalue weighted by molar-refractivity contribution is 9.11. The summed E-state index contributed by atoms with van der Waals surface area (Å²) in [4.78, 5) is 2.65. The Labute approximate surface area is 143 Å². The zero-order valence-corrected chi connectivity index (χ0v) is 16.2. The summed E-state index contributed by atoms with van der Waals surface area (Å²) in [5.74, 6) is 0. The molecule has 1 aromatic carbocycles. The number of rotatable bonds is 4. The van der Waals surface area contributed by atoms with Crippen LogP contribution in [0.5, 0.6) is 0 Å². The molecule has 5 heteroatoms. The van der Waals surface area contributed by atoms with Gasteiger partial charge in [0.25, 0.3) is 0 Å². The van der Waals surface area contributed by atoms with Crippen LogP contribution in [-0.2, 0) is 0 Å². The minimum atomic E-state index is 0.437. The molecule has 1 N–H and O–H groups in total. The van der Waals surface area contributed by atoms with Crippen molar-refractivity contribution in [1.82, 2.24) is 5.32 Å². The molecule has 1 atom stereocenters. The fourth-order valence-electron chi connectivity index (χ4n) is 2.00. The second kappa shape index (κ2) is 6.85. The lowest BCUT2D eigenvalue weighted by Gasteiger charge is -2.11. The number of nitrogens with one attached hydrogen (secondary N) is 1. The average molecular weight is 468 g/mol. The van der Waals surface area contributed by atoms with E-state index in [0.717, 1.165) is 19.8 Å². The monoisotopic (exact) mass is 465 g/mol. The Kier molecular flexibility index (Phi) is 5.66. The van der Waals surface area contributed by atoms with E-state index in [-0.39, 0.29) is 0 Å². The van der Waals surface area contributed by atoms with Crippen LogP contribution in [0, 0.1) is 0 Å². The molecule has 0 fully saturated rings. The summed E-state index contributed by atoms with van der Waals surface area (Å²) >= 11 is 12.6. The van der Waals surface area contributed by atoms with Gasteiger partial charge in [-0.15, -0.1) is 11.3 Å². The van der Waals surface area contributed by atoms with Crippen LogP contribution in [0.25, 0.3) is 10.4 Å². The fourth-order valence-corrected chi connectivity index (χ4v) is 6.22. The van der Waals surface area contributed by atoms with Crippen molar-refractivity contribution in [2.75, 3.05) is 7.05 Å². The van der Waals surface area contributed by atoms with Crippen LogP contribution in [-0.4, -0.2) is 7.05 Å². The van der Waals surface area contributed by atoms with Gasteiger partial charge in [-0.2, -0.15) is 0 Å². The molecule has 1 heterocycles. The third-order valence-corrected chi connectivity index (χ3v) is 5.91. The Morgan fingerprint density at radius 3 is 2.32 bits per heavy atom. The molecule has 102 valence electrons. The van der Waals surface area contributed by atoms with Crippen LogP contribution in [0.1, 0.15) is 24.3 Å². The van der Waals surface area contributed by atoms with Crippen molar-refractivity contribution >= 4 is 59.1 Å². The number of thiophene rings is 1. The largest absolute Gasteiger partial charge is 0.312 e. The van der Waals surface area contributed by atoms with Crippen LogP contribution >= 0.6 is 59.1 Å². The first-order valence-electron chi connectivity index (χ1n) is 5.98. The van der Waals surface area contributed by atoms with E-state index in [2.05, 4.69) is 84.3 Å². The smallest absolute Gasteiger partial charge is 0.0409 e. The molecule has 0 saturated heterocycles. The fraction of sp³-hybridized carbons (Fsp3) is 0.286. The zero-order valence-electron chi connectivity index (χ0n) is 10.6. The molecule has 0 saturated carbocycles. The van der Waals surface area contributed by atoms with E-state index in [1.807, 2.05) is 18.4 Å². The highest BCUT2D eigenvalue weighted by Gasteiger charge is 2.14. The standard InChI is InChI=1S/C14H14Br3NS/c1-3-11(18-2)12-4-5-13(19-12)14-9(16)6-8(15)7-10(14)17/h4-7,11,18H,3H2,1-2H3. The van der Waals surface area contributed by atoms with Gasteiger partial charge in [-0.1, -0.05) is 54.7 Å². The average Bonchev–Trinajstić information content (AvgIpc) is 2.78. The van der Waals surface area contributed by atoms with Crippen LogP contribution in [0.4, 0.5) is 0 Å². The van der Waals surface area contributed by atoms with E-state index >= 15 is 0 Å². The van der Waals surface area contributed by atoms with Crippen molar-refractivity contribution in [3.05, 3.63) is 42.6 Å². The SMILES string of the molecule is CCC(NC)c1ccc(-c2c(Br)cc(Br)cc2Br)s1. The lowest BCUT2D eigenvalue weighted by atomic mass is 10.1. The maximum atomic E-state index is 3.65. The van der Waals surface area contributed by atoms with Gasteiger partial charge >= 0.3 is 0 Å². The van der Waals surface area contributed by atoms with E-state index in [1.54, 1.807) is 0 Å². The Morgan fingerprint density at radius 2 is 1.79 bits per heavy atom. The Morgan fingerprint density at radius 1 is 1.16 bits per heavy atom. The third kappa shape index (κ3) is 3.50. The van der Waals surface area contributed by atoms with Crippen molar-refractivity contribution in [3.63, 3.8) is 0 Å². The van der Waals surface area contributed by atoms with Crippen LogP contribution in [0.3, 0.4) is 0 Å². The minimum Gasteiger partial charge on any atom is -0.312 e. The molecule has 2 aromatic rings. The van der Waals surface area contributed by atoms with Gasteiger partial charge < -0.3 is 5.32 Å². The summed E-state index contributed by atoms with van der Waals surface area (Å²) in [6, 6.07) is 9.00. The van der Waals surface area contributed by atoms with Gasteiger partial charge in [-0.3, -0.25) is 0 Å². The summed E-state index contributed by atoms with van der Waals surface area (Å²) in [6.45, 7) is 2.20. The topological polar surface area (TPSA) is 12.0 Å². The maximum absolute atomic E-state index is 3.65. The second-order valence-electron chi connectivity index (χ2n) is 4.20. The molecular weight excluding hydrogens is 454 g/mol. The molecule has 1 nitrogen and oxygen atoms in total. The summed E-state index contributed by atoms with van der Waals surface area (Å²) in [6.07, 6.45) is 1.10. The van der Waals surface area contributed by atoms with Gasteiger partial charge in [0.15, 0.2) is 0 Å². The highest BCUT2D eigenvalue weighted by atomic mass is 79.9. The van der Waals surface area contributed by atoms with Crippen LogP contribution in [0.2, 0.25) is 0 Å². The van der Waals surface area contributed by atoms with Crippen molar-refractivity contribution in [2.24, 2.45) is 0 Å². The lowest BCUT2D eigenvalue weighted by Crippen LogP contribution is -2.13. The number of hydrogen-bond acceptors (Lipinski definition) is 2. The predicted octanol–water partition coefficient (Wildman–Crippen LogP) is 6.37. The van der Waals surface area contributed by atoms with Gasteiger partial charge in [-0.05, 0) is 37.7 Å². The lowest BCUT2D eigenvalue weighted by molar-refractivity contribution is 0.586. The van der Waals surface area contributed by atoms with Gasteiger partial charge in [0.1, 0.15) is 0 Å². The molecule has 0 bridgehead atoms. The number of halogens is 3. The number of benzene rings is 1. The minimum absolute atomic E-state index is 0.437. The summed E-state index contributed by atoms with van der Waals surface area (Å²) in [5, 5.41) is 3.35. The van der Waals surface area contributed by atoms with Crippen LogP contribution in [0.15, 0.2) is 37.7 Å². The second-order valence-corrected chi connectivity index (χ2v) is 7.94. The summed E-state index contributed by atoms with van der Waals surface area (Å²) in [7, 11) is 2.01. The quantitative estimate of drug-likeness (QED) is 0.550. The molecule has 1 aromatic heterocycles.